The van der Waals surface area contributed by atoms with E-state index >= 15 is 0 Å². The molecule has 0 radical (unpaired) electrons. The fraction of sp³-hybridized carbons (Fsp3) is 0.533. The van der Waals surface area contributed by atoms with Gasteiger partial charge < -0.3 is 10.1 Å². The van der Waals surface area contributed by atoms with Crippen molar-refractivity contribution in [3.05, 3.63) is 29.6 Å². The summed E-state index contributed by atoms with van der Waals surface area (Å²) in [6.45, 7) is 7.06. The van der Waals surface area contributed by atoms with Gasteiger partial charge in [-0.1, -0.05) is 0 Å². The van der Waals surface area contributed by atoms with Gasteiger partial charge in [0.25, 0.3) is 0 Å². The second kappa shape index (κ2) is 5.79. The smallest absolute Gasteiger partial charge is 0.412 e. The van der Waals surface area contributed by atoms with E-state index in [0.29, 0.717) is 11.3 Å². The van der Waals surface area contributed by atoms with Crippen LogP contribution in [-0.4, -0.2) is 24.8 Å². The largest absolute Gasteiger partial charge is 0.444 e. The van der Waals surface area contributed by atoms with Crippen molar-refractivity contribution in [2.75, 3.05) is 18.4 Å². The van der Waals surface area contributed by atoms with Gasteiger partial charge in [-0.2, -0.15) is 0 Å². The first-order chi connectivity index (χ1) is 9.35. The Bertz CT molecular complexity index is 491. The van der Waals surface area contributed by atoms with Crippen molar-refractivity contribution in [2.24, 2.45) is 0 Å². The van der Waals surface area contributed by atoms with Crippen LogP contribution < -0.4 is 10.6 Å². The molecule has 0 aliphatic carbocycles. The predicted octanol–water partition coefficient (Wildman–Crippen LogP) is 3.25. The Labute approximate surface area is 118 Å². The Kier molecular flexibility index (Phi) is 4.28. The lowest BCUT2D eigenvalue weighted by Gasteiger charge is -2.20. The van der Waals surface area contributed by atoms with Crippen molar-refractivity contribution >= 4 is 11.8 Å². The number of carbonyl (C=O) groups excluding carboxylic acids is 1. The first-order valence-electron chi connectivity index (χ1n) is 6.85. The summed E-state index contributed by atoms with van der Waals surface area (Å²) >= 11 is 0. The monoisotopic (exact) mass is 280 g/mol. The highest BCUT2D eigenvalue weighted by Gasteiger charge is 2.21. The van der Waals surface area contributed by atoms with Gasteiger partial charge >= 0.3 is 6.09 Å². The molecule has 0 saturated carbocycles. The van der Waals surface area contributed by atoms with Gasteiger partial charge in [0.1, 0.15) is 11.4 Å². The highest BCUT2D eigenvalue weighted by molar-refractivity contribution is 5.85. The van der Waals surface area contributed by atoms with Gasteiger partial charge in [-0.05, 0) is 57.5 Å². The number of ether oxygens (including phenoxy) is 1. The van der Waals surface area contributed by atoms with Crippen LogP contribution in [0.2, 0.25) is 0 Å². The molecule has 2 N–H and O–H groups in total. The zero-order valence-corrected chi connectivity index (χ0v) is 12.1. The fourth-order valence-corrected chi connectivity index (χ4v) is 2.28. The molecule has 0 bridgehead atoms. The number of benzene rings is 1. The Hall–Kier alpha value is -1.62. The van der Waals surface area contributed by atoms with Crippen LogP contribution in [0, 0.1) is 5.82 Å². The Morgan fingerprint density at radius 3 is 2.80 bits per heavy atom. The first kappa shape index (κ1) is 14.8. The average molecular weight is 280 g/mol. The van der Waals surface area contributed by atoms with Crippen molar-refractivity contribution in [3.63, 3.8) is 0 Å². The molecule has 1 atom stereocenters. The summed E-state index contributed by atoms with van der Waals surface area (Å²) in [4.78, 5) is 11.7. The van der Waals surface area contributed by atoms with Gasteiger partial charge in [0.15, 0.2) is 0 Å². The van der Waals surface area contributed by atoms with E-state index in [2.05, 4.69) is 10.6 Å². The molecule has 5 heteroatoms. The van der Waals surface area contributed by atoms with Crippen molar-refractivity contribution in [3.8, 4) is 0 Å². The molecule has 1 amide bonds. The van der Waals surface area contributed by atoms with Crippen LogP contribution in [0.5, 0.6) is 0 Å². The molecular weight excluding hydrogens is 259 g/mol. The Balaban J connectivity index is 2.09. The normalized spacial score (nSPS) is 18.9. The van der Waals surface area contributed by atoms with E-state index in [9.17, 15) is 9.18 Å². The number of hydrogen-bond acceptors (Lipinski definition) is 3. The molecule has 1 aromatic carbocycles. The summed E-state index contributed by atoms with van der Waals surface area (Å²) in [5.41, 5.74) is 0.647. The van der Waals surface area contributed by atoms with Crippen molar-refractivity contribution in [2.45, 2.75) is 38.7 Å². The lowest BCUT2D eigenvalue weighted by atomic mass is 9.97. The summed E-state index contributed by atoms with van der Waals surface area (Å²) in [5, 5.41) is 5.85. The molecule has 20 heavy (non-hydrogen) atoms. The van der Waals surface area contributed by atoms with E-state index in [1.807, 2.05) is 0 Å². The quantitative estimate of drug-likeness (QED) is 0.874. The molecule has 110 valence electrons. The highest BCUT2D eigenvalue weighted by Crippen LogP contribution is 2.27. The molecule has 1 saturated heterocycles. The maximum atomic E-state index is 13.9. The number of halogens is 1. The highest BCUT2D eigenvalue weighted by atomic mass is 19.1. The van der Waals surface area contributed by atoms with Gasteiger partial charge in [0.2, 0.25) is 0 Å². The molecular formula is C15H21FN2O2. The number of rotatable bonds is 2. The van der Waals surface area contributed by atoms with Crippen LogP contribution in [-0.2, 0) is 4.74 Å². The van der Waals surface area contributed by atoms with E-state index < -0.39 is 11.7 Å². The van der Waals surface area contributed by atoms with E-state index in [0.717, 1.165) is 19.5 Å². The van der Waals surface area contributed by atoms with Gasteiger partial charge in [0, 0.05) is 18.2 Å². The van der Waals surface area contributed by atoms with Crippen LogP contribution in [0.1, 0.15) is 38.7 Å². The summed E-state index contributed by atoms with van der Waals surface area (Å²) in [5.74, 6) is -0.0659. The van der Waals surface area contributed by atoms with E-state index in [1.165, 1.54) is 6.07 Å². The molecule has 1 aromatic rings. The van der Waals surface area contributed by atoms with E-state index in [1.54, 1.807) is 32.9 Å². The summed E-state index contributed by atoms with van der Waals surface area (Å²) in [6.07, 6.45) is 0.381. The maximum Gasteiger partial charge on any atom is 0.412 e. The van der Waals surface area contributed by atoms with Crippen molar-refractivity contribution in [1.29, 1.82) is 0 Å². The Morgan fingerprint density at radius 2 is 2.20 bits per heavy atom. The summed E-state index contributed by atoms with van der Waals surface area (Å²) in [7, 11) is 0. The summed E-state index contributed by atoms with van der Waals surface area (Å²) in [6, 6.07) is 4.63. The van der Waals surface area contributed by atoms with Crippen LogP contribution in [0.3, 0.4) is 0 Å². The molecule has 1 aliphatic heterocycles. The molecule has 2 rings (SSSR count). The van der Waals surface area contributed by atoms with Gasteiger partial charge in [0.05, 0.1) is 0 Å². The number of amides is 1. The topological polar surface area (TPSA) is 50.4 Å². The van der Waals surface area contributed by atoms with E-state index in [4.69, 9.17) is 4.74 Å². The molecule has 1 unspecified atom stereocenters. The number of nitrogens with one attached hydrogen (secondary N) is 2. The Morgan fingerprint density at radius 1 is 1.45 bits per heavy atom. The summed E-state index contributed by atoms with van der Waals surface area (Å²) < 4.78 is 19.0. The van der Waals surface area contributed by atoms with Crippen LogP contribution in [0.15, 0.2) is 18.2 Å². The fourth-order valence-electron chi connectivity index (χ4n) is 2.28. The third-order valence-corrected chi connectivity index (χ3v) is 3.14. The minimum absolute atomic E-state index is 0.162. The van der Waals surface area contributed by atoms with Gasteiger partial charge in [-0.3, -0.25) is 5.32 Å². The van der Waals surface area contributed by atoms with Crippen molar-refractivity contribution in [1.82, 2.24) is 5.32 Å². The van der Waals surface area contributed by atoms with Gasteiger partial charge in [-0.15, -0.1) is 0 Å². The molecule has 1 fully saturated rings. The molecule has 4 nitrogen and oxygen atoms in total. The zero-order valence-electron chi connectivity index (χ0n) is 12.1. The number of anilines is 1. The van der Waals surface area contributed by atoms with Crippen LogP contribution in [0.4, 0.5) is 14.9 Å². The van der Waals surface area contributed by atoms with Crippen molar-refractivity contribution < 1.29 is 13.9 Å². The predicted molar refractivity (Wildman–Crippen MR) is 76.5 cm³/mol. The van der Waals surface area contributed by atoms with Gasteiger partial charge in [-0.25, -0.2) is 9.18 Å². The lowest BCUT2D eigenvalue weighted by molar-refractivity contribution is 0.0636. The second-order valence-corrected chi connectivity index (χ2v) is 6.05. The number of hydrogen-bond donors (Lipinski definition) is 2. The minimum Gasteiger partial charge on any atom is -0.444 e. The molecule has 0 spiro atoms. The molecule has 0 aromatic heterocycles. The van der Waals surface area contributed by atoms with E-state index in [-0.39, 0.29) is 11.7 Å². The third-order valence-electron chi connectivity index (χ3n) is 3.14. The molecule has 1 heterocycles. The standard InChI is InChI=1S/C15H21FN2O2/c1-15(2,3)20-14(19)18-11-4-5-13(16)12(8-11)10-6-7-17-9-10/h4-5,8,10,17H,6-7,9H2,1-3H3,(H,18,19). The molecule has 1 aliphatic rings. The third kappa shape index (κ3) is 3.93. The SMILES string of the molecule is CC(C)(C)OC(=O)Nc1ccc(F)c(C2CCNC2)c1. The zero-order chi connectivity index (χ0) is 14.8. The average Bonchev–Trinajstić information content (AvgIpc) is 2.82. The second-order valence-electron chi connectivity index (χ2n) is 6.05. The number of carbonyl (C=O) groups is 1. The lowest BCUT2D eigenvalue weighted by Crippen LogP contribution is -2.27. The first-order valence-corrected chi connectivity index (χ1v) is 6.85. The van der Waals surface area contributed by atoms with Crippen LogP contribution in [0.25, 0.3) is 0 Å². The maximum absolute atomic E-state index is 13.9. The minimum atomic E-state index is -0.553. The van der Waals surface area contributed by atoms with Crippen LogP contribution >= 0.6 is 0 Å².